The summed E-state index contributed by atoms with van der Waals surface area (Å²) in [4.78, 5) is 0. The third-order valence-electron chi connectivity index (χ3n) is 2.46. The van der Waals surface area contributed by atoms with Crippen LogP contribution < -0.4 is 0 Å². The van der Waals surface area contributed by atoms with Gasteiger partial charge in [-0.3, -0.25) is 0 Å². The minimum atomic E-state index is -0.436. The maximum atomic E-state index is 9.99. The monoisotopic (exact) mass is 206 g/mol. The van der Waals surface area contributed by atoms with E-state index in [4.69, 9.17) is 5.11 Å². The van der Waals surface area contributed by atoms with Crippen molar-refractivity contribution in [3.63, 3.8) is 0 Å². The summed E-state index contributed by atoms with van der Waals surface area (Å²) >= 11 is 0. The standard InChI is InChI=1S/C13H18O2/c1-11(7-5-6-10-14)13(15)12-8-3-2-4-9-12/h2-6,8-9,11,13-15H,7,10H2,1H3/b6-5+/t11-,13-/m1/s1. The van der Waals surface area contributed by atoms with E-state index in [-0.39, 0.29) is 12.5 Å². The van der Waals surface area contributed by atoms with E-state index in [1.807, 2.05) is 43.3 Å². The van der Waals surface area contributed by atoms with Crippen LogP contribution in [0.25, 0.3) is 0 Å². The minimum absolute atomic E-state index is 0.0636. The van der Waals surface area contributed by atoms with Crippen LogP contribution in [-0.2, 0) is 0 Å². The van der Waals surface area contributed by atoms with Gasteiger partial charge in [0.1, 0.15) is 0 Å². The molecule has 2 heteroatoms. The first-order valence-electron chi connectivity index (χ1n) is 5.24. The van der Waals surface area contributed by atoms with Crippen molar-refractivity contribution < 1.29 is 10.2 Å². The number of rotatable bonds is 5. The van der Waals surface area contributed by atoms with Gasteiger partial charge >= 0.3 is 0 Å². The van der Waals surface area contributed by atoms with Crippen LogP contribution in [0.15, 0.2) is 42.5 Å². The average molecular weight is 206 g/mol. The number of benzene rings is 1. The fraction of sp³-hybridized carbons (Fsp3) is 0.385. The van der Waals surface area contributed by atoms with Gasteiger partial charge in [-0.05, 0) is 17.9 Å². The number of aliphatic hydroxyl groups is 2. The molecule has 1 rings (SSSR count). The van der Waals surface area contributed by atoms with Gasteiger partial charge in [-0.15, -0.1) is 0 Å². The van der Waals surface area contributed by atoms with E-state index in [2.05, 4.69) is 0 Å². The molecule has 0 aliphatic heterocycles. The highest BCUT2D eigenvalue weighted by molar-refractivity contribution is 5.17. The first-order valence-corrected chi connectivity index (χ1v) is 5.24. The number of aliphatic hydroxyl groups excluding tert-OH is 2. The molecule has 2 N–H and O–H groups in total. The molecule has 0 aliphatic carbocycles. The summed E-state index contributed by atoms with van der Waals surface area (Å²) in [5.74, 6) is 0.162. The molecule has 0 saturated heterocycles. The molecule has 0 amide bonds. The van der Waals surface area contributed by atoms with Crippen molar-refractivity contribution in [1.29, 1.82) is 0 Å². The zero-order valence-corrected chi connectivity index (χ0v) is 9.00. The van der Waals surface area contributed by atoms with Gasteiger partial charge in [0.25, 0.3) is 0 Å². The first-order chi connectivity index (χ1) is 7.25. The summed E-state index contributed by atoms with van der Waals surface area (Å²) in [7, 11) is 0. The fourth-order valence-electron chi connectivity index (χ4n) is 1.49. The highest BCUT2D eigenvalue weighted by Gasteiger charge is 2.14. The second kappa shape index (κ2) is 6.38. The number of allylic oxidation sites excluding steroid dienone is 1. The molecule has 2 nitrogen and oxygen atoms in total. The van der Waals surface area contributed by atoms with E-state index in [1.54, 1.807) is 6.08 Å². The van der Waals surface area contributed by atoms with Crippen LogP contribution >= 0.6 is 0 Å². The first kappa shape index (κ1) is 12.0. The summed E-state index contributed by atoms with van der Waals surface area (Å²) in [5.41, 5.74) is 0.947. The lowest BCUT2D eigenvalue weighted by atomic mass is 9.94. The zero-order chi connectivity index (χ0) is 11.1. The van der Waals surface area contributed by atoms with Gasteiger partial charge in [-0.2, -0.15) is 0 Å². The molecular weight excluding hydrogens is 188 g/mol. The third-order valence-corrected chi connectivity index (χ3v) is 2.46. The Labute approximate surface area is 90.9 Å². The molecule has 0 fully saturated rings. The van der Waals surface area contributed by atoms with Crippen molar-refractivity contribution in [1.82, 2.24) is 0 Å². The van der Waals surface area contributed by atoms with Gasteiger partial charge in [0.05, 0.1) is 12.7 Å². The van der Waals surface area contributed by atoms with Gasteiger partial charge in [-0.25, -0.2) is 0 Å². The molecule has 15 heavy (non-hydrogen) atoms. The molecular formula is C13H18O2. The molecule has 0 saturated carbocycles. The van der Waals surface area contributed by atoms with Gasteiger partial charge in [-0.1, -0.05) is 49.4 Å². The van der Waals surface area contributed by atoms with Crippen molar-refractivity contribution >= 4 is 0 Å². The largest absolute Gasteiger partial charge is 0.392 e. The van der Waals surface area contributed by atoms with Gasteiger partial charge in [0.2, 0.25) is 0 Å². The molecule has 0 radical (unpaired) electrons. The van der Waals surface area contributed by atoms with E-state index in [0.717, 1.165) is 12.0 Å². The molecule has 0 spiro atoms. The Bertz CT molecular complexity index is 293. The predicted molar refractivity (Wildman–Crippen MR) is 61.4 cm³/mol. The summed E-state index contributed by atoms with van der Waals surface area (Å²) in [6.45, 7) is 2.06. The zero-order valence-electron chi connectivity index (χ0n) is 9.00. The Morgan fingerprint density at radius 1 is 1.20 bits per heavy atom. The van der Waals surface area contributed by atoms with Crippen LogP contribution in [0.3, 0.4) is 0 Å². The second-order valence-corrected chi connectivity index (χ2v) is 3.72. The summed E-state index contributed by atoms with van der Waals surface area (Å²) in [5, 5.41) is 18.6. The Morgan fingerprint density at radius 3 is 2.47 bits per heavy atom. The molecule has 0 heterocycles. The molecule has 1 aromatic rings. The average Bonchev–Trinajstić information content (AvgIpc) is 2.29. The molecule has 1 aromatic carbocycles. The lowest BCUT2D eigenvalue weighted by molar-refractivity contribution is 0.119. The lowest BCUT2D eigenvalue weighted by Crippen LogP contribution is -2.08. The van der Waals surface area contributed by atoms with Crippen LogP contribution in [0.1, 0.15) is 25.0 Å². The minimum Gasteiger partial charge on any atom is -0.392 e. The third kappa shape index (κ3) is 3.86. The van der Waals surface area contributed by atoms with Crippen LogP contribution in [0.4, 0.5) is 0 Å². The Balaban J connectivity index is 2.53. The molecule has 0 aliphatic rings. The van der Waals surface area contributed by atoms with Crippen molar-refractivity contribution in [2.75, 3.05) is 6.61 Å². The molecule has 2 atom stereocenters. The molecule has 82 valence electrons. The predicted octanol–water partition coefficient (Wildman–Crippen LogP) is 2.29. The van der Waals surface area contributed by atoms with Crippen LogP contribution in [0, 0.1) is 5.92 Å². The van der Waals surface area contributed by atoms with E-state index in [9.17, 15) is 5.11 Å². The van der Waals surface area contributed by atoms with Crippen LogP contribution in [0.2, 0.25) is 0 Å². The highest BCUT2D eigenvalue weighted by Crippen LogP contribution is 2.24. The topological polar surface area (TPSA) is 40.5 Å². The number of hydrogen-bond donors (Lipinski definition) is 2. The highest BCUT2D eigenvalue weighted by atomic mass is 16.3. The van der Waals surface area contributed by atoms with Crippen molar-refractivity contribution in [3.05, 3.63) is 48.0 Å². The Kier molecular flexibility index (Phi) is 5.08. The fourth-order valence-corrected chi connectivity index (χ4v) is 1.49. The van der Waals surface area contributed by atoms with Crippen molar-refractivity contribution in [2.45, 2.75) is 19.4 Å². The SMILES string of the molecule is C[C@H](C/C=C/CO)[C@@H](O)c1ccccc1. The lowest BCUT2D eigenvalue weighted by Gasteiger charge is -2.17. The molecule has 0 unspecified atom stereocenters. The maximum absolute atomic E-state index is 9.99. The van der Waals surface area contributed by atoms with Crippen molar-refractivity contribution in [2.24, 2.45) is 5.92 Å². The summed E-state index contributed by atoms with van der Waals surface area (Å²) in [6.07, 6.45) is 3.94. The molecule has 0 bridgehead atoms. The Morgan fingerprint density at radius 2 is 1.87 bits per heavy atom. The van der Waals surface area contributed by atoms with Gasteiger partial charge in [0.15, 0.2) is 0 Å². The van der Waals surface area contributed by atoms with Gasteiger partial charge < -0.3 is 10.2 Å². The summed E-state index contributed by atoms with van der Waals surface area (Å²) < 4.78 is 0. The van der Waals surface area contributed by atoms with E-state index < -0.39 is 6.10 Å². The maximum Gasteiger partial charge on any atom is 0.0818 e. The second-order valence-electron chi connectivity index (χ2n) is 3.72. The van der Waals surface area contributed by atoms with E-state index >= 15 is 0 Å². The molecule has 0 aromatic heterocycles. The van der Waals surface area contributed by atoms with Crippen LogP contribution in [-0.4, -0.2) is 16.8 Å². The van der Waals surface area contributed by atoms with Crippen LogP contribution in [0.5, 0.6) is 0 Å². The van der Waals surface area contributed by atoms with Gasteiger partial charge in [0, 0.05) is 0 Å². The van der Waals surface area contributed by atoms with Crippen molar-refractivity contribution in [3.8, 4) is 0 Å². The summed E-state index contributed by atoms with van der Waals surface area (Å²) in [6, 6.07) is 9.64. The normalized spacial score (nSPS) is 15.4. The smallest absolute Gasteiger partial charge is 0.0818 e. The van der Waals surface area contributed by atoms with E-state index in [1.165, 1.54) is 0 Å². The van der Waals surface area contributed by atoms with E-state index in [0.29, 0.717) is 0 Å². The Hall–Kier alpha value is -1.12. The quantitative estimate of drug-likeness (QED) is 0.726. The number of hydrogen-bond acceptors (Lipinski definition) is 2.